The van der Waals surface area contributed by atoms with Crippen molar-refractivity contribution in [2.24, 2.45) is 0 Å². The van der Waals surface area contributed by atoms with Crippen molar-refractivity contribution in [3.63, 3.8) is 0 Å². The van der Waals surface area contributed by atoms with Crippen molar-refractivity contribution in [2.75, 3.05) is 11.1 Å². The fourth-order valence-corrected chi connectivity index (χ4v) is 3.36. The summed E-state index contributed by atoms with van der Waals surface area (Å²) >= 11 is 0. The SMILES string of the molecule is CCS(=O)(=O)c1ccc(O)c(NC(=O)c2nccc3ccccc23)c1. The van der Waals surface area contributed by atoms with Gasteiger partial charge in [-0.1, -0.05) is 31.2 Å². The Morgan fingerprint density at radius 2 is 1.92 bits per heavy atom. The molecule has 0 atom stereocenters. The monoisotopic (exact) mass is 356 g/mol. The van der Waals surface area contributed by atoms with Crippen LogP contribution in [0.4, 0.5) is 5.69 Å². The van der Waals surface area contributed by atoms with Gasteiger partial charge in [-0.2, -0.15) is 0 Å². The lowest BCUT2D eigenvalue weighted by Gasteiger charge is -2.10. The maximum absolute atomic E-state index is 12.6. The number of nitrogens with zero attached hydrogens (tertiary/aromatic N) is 1. The Balaban J connectivity index is 1.99. The first-order chi connectivity index (χ1) is 11.9. The van der Waals surface area contributed by atoms with E-state index >= 15 is 0 Å². The Hall–Kier alpha value is -2.93. The molecule has 0 aliphatic carbocycles. The van der Waals surface area contributed by atoms with Crippen LogP contribution in [-0.4, -0.2) is 30.2 Å². The molecule has 2 N–H and O–H groups in total. The summed E-state index contributed by atoms with van der Waals surface area (Å²) in [6, 6.07) is 12.9. The summed E-state index contributed by atoms with van der Waals surface area (Å²) < 4.78 is 24.0. The molecule has 0 radical (unpaired) electrons. The number of amides is 1. The first-order valence-corrected chi connectivity index (χ1v) is 9.28. The van der Waals surface area contributed by atoms with Gasteiger partial charge in [-0.25, -0.2) is 8.42 Å². The van der Waals surface area contributed by atoms with Crippen LogP contribution in [0.1, 0.15) is 17.4 Å². The minimum Gasteiger partial charge on any atom is -0.506 e. The Morgan fingerprint density at radius 3 is 2.68 bits per heavy atom. The summed E-state index contributed by atoms with van der Waals surface area (Å²) in [5.41, 5.74) is 0.218. The smallest absolute Gasteiger partial charge is 0.275 e. The number of phenols is 1. The number of anilines is 1. The molecule has 6 nitrogen and oxygen atoms in total. The maximum Gasteiger partial charge on any atom is 0.275 e. The van der Waals surface area contributed by atoms with Gasteiger partial charge in [0.25, 0.3) is 5.91 Å². The van der Waals surface area contributed by atoms with E-state index in [-0.39, 0.29) is 27.8 Å². The van der Waals surface area contributed by atoms with Gasteiger partial charge < -0.3 is 10.4 Å². The van der Waals surface area contributed by atoms with Crippen molar-refractivity contribution in [1.82, 2.24) is 4.98 Å². The van der Waals surface area contributed by atoms with Crippen LogP contribution in [0.25, 0.3) is 10.8 Å². The van der Waals surface area contributed by atoms with Gasteiger partial charge in [0, 0.05) is 11.6 Å². The number of hydrogen-bond acceptors (Lipinski definition) is 5. The van der Waals surface area contributed by atoms with Gasteiger partial charge in [0.1, 0.15) is 11.4 Å². The van der Waals surface area contributed by atoms with Crippen LogP contribution in [0.3, 0.4) is 0 Å². The number of rotatable bonds is 4. The van der Waals surface area contributed by atoms with Crippen molar-refractivity contribution >= 4 is 32.2 Å². The van der Waals surface area contributed by atoms with Crippen LogP contribution in [-0.2, 0) is 9.84 Å². The van der Waals surface area contributed by atoms with Crippen LogP contribution in [0.2, 0.25) is 0 Å². The fraction of sp³-hybridized carbons (Fsp3) is 0.111. The molecule has 0 saturated carbocycles. The molecule has 1 heterocycles. The van der Waals surface area contributed by atoms with Crippen LogP contribution in [0.5, 0.6) is 5.75 Å². The lowest BCUT2D eigenvalue weighted by atomic mass is 10.1. The number of aromatic nitrogens is 1. The summed E-state index contributed by atoms with van der Waals surface area (Å²) in [7, 11) is -3.45. The highest BCUT2D eigenvalue weighted by molar-refractivity contribution is 7.91. The number of pyridine rings is 1. The number of fused-ring (bicyclic) bond motifs is 1. The van der Waals surface area contributed by atoms with E-state index in [0.717, 1.165) is 5.39 Å². The van der Waals surface area contributed by atoms with Crippen molar-refractivity contribution < 1.29 is 18.3 Å². The van der Waals surface area contributed by atoms with E-state index < -0.39 is 15.7 Å². The largest absolute Gasteiger partial charge is 0.506 e. The quantitative estimate of drug-likeness (QED) is 0.701. The highest BCUT2D eigenvalue weighted by atomic mass is 32.2. The van der Waals surface area contributed by atoms with E-state index in [9.17, 15) is 18.3 Å². The number of aromatic hydroxyl groups is 1. The molecular weight excluding hydrogens is 340 g/mol. The summed E-state index contributed by atoms with van der Waals surface area (Å²) in [5, 5.41) is 14.0. The molecule has 128 valence electrons. The third-order valence-corrected chi connectivity index (χ3v) is 5.58. The molecular formula is C18H16N2O4S. The molecule has 7 heteroatoms. The number of carbonyl (C=O) groups is 1. The molecule has 0 bridgehead atoms. The van der Waals surface area contributed by atoms with Crippen LogP contribution in [0, 0.1) is 0 Å². The summed E-state index contributed by atoms with van der Waals surface area (Å²) in [4.78, 5) is 16.7. The summed E-state index contributed by atoms with van der Waals surface area (Å²) in [6.07, 6.45) is 1.52. The minimum atomic E-state index is -3.45. The Bertz CT molecular complexity index is 1060. The standard InChI is InChI=1S/C18H16N2O4S/c1-2-25(23,24)13-7-8-16(21)15(11-13)20-18(22)17-14-6-4-3-5-12(14)9-10-19-17/h3-11,21H,2H2,1H3,(H,20,22). The zero-order valence-corrected chi connectivity index (χ0v) is 14.2. The van der Waals surface area contributed by atoms with Crippen molar-refractivity contribution in [3.8, 4) is 5.75 Å². The van der Waals surface area contributed by atoms with E-state index in [1.807, 2.05) is 12.1 Å². The fourth-order valence-electron chi connectivity index (χ4n) is 2.46. The predicted molar refractivity (Wildman–Crippen MR) is 95.5 cm³/mol. The average molecular weight is 356 g/mol. The zero-order valence-electron chi connectivity index (χ0n) is 13.4. The van der Waals surface area contributed by atoms with Gasteiger partial charge in [0.2, 0.25) is 0 Å². The second kappa shape index (κ2) is 6.52. The topological polar surface area (TPSA) is 96.4 Å². The normalized spacial score (nSPS) is 11.4. The molecule has 0 saturated heterocycles. The molecule has 2 aromatic carbocycles. The number of hydrogen-bond donors (Lipinski definition) is 2. The van der Waals surface area contributed by atoms with Gasteiger partial charge in [0.15, 0.2) is 9.84 Å². The lowest BCUT2D eigenvalue weighted by molar-refractivity contribution is 0.102. The molecule has 0 aliphatic rings. The van der Waals surface area contributed by atoms with Crippen molar-refractivity contribution in [3.05, 3.63) is 60.4 Å². The van der Waals surface area contributed by atoms with Crippen LogP contribution >= 0.6 is 0 Å². The van der Waals surface area contributed by atoms with E-state index in [2.05, 4.69) is 10.3 Å². The molecule has 0 aliphatic heterocycles. The van der Waals surface area contributed by atoms with Crippen LogP contribution < -0.4 is 5.32 Å². The molecule has 25 heavy (non-hydrogen) atoms. The van der Waals surface area contributed by atoms with Gasteiger partial charge >= 0.3 is 0 Å². The zero-order chi connectivity index (χ0) is 18.0. The maximum atomic E-state index is 12.6. The second-order valence-electron chi connectivity index (χ2n) is 5.42. The van der Waals surface area contributed by atoms with Gasteiger partial charge in [0.05, 0.1) is 16.3 Å². The van der Waals surface area contributed by atoms with E-state index in [4.69, 9.17) is 0 Å². The highest BCUT2D eigenvalue weighted by Crippen LogP contribution is 2.28. The molecule has 0 unspecified atom stereocenters. The Kier molecular flexibility index (Phi) is 4.41. The third-order valence-electron chi connectivity index (χ3n) is 3.84. The minimum absolute atomic E-state index is 0.0225. The van der Waals surface area contributed by atoms with Gasteiger partial charge in [-0.15, -0.1) is 0 Å². The number of sulfone groups is 1. The van der Waals surface area contributed by atoms with Gasteiger partial charge in [-0.05, 0) is 29.7 Å². The number of nitrogens with one attached hydrogen (secondary N) is 1. The van der Waals surface area contributed by atoms with E-state index in [0.29, 0.717) is 5.39 Å². The number of phenolic OH excluding ortho intramolecular Hbond substituents is 1. The summed E-state index contributed by atoms with van der Waals surface area (Å²) in [6.45, 7) is 1.53. The molecule has 3 aromatic rings. The average Bonchev–Trinajstić information content (AvgIpc) is 2.62. The summed E-state index contributed by atoms with van der Waals surface area (Å²) in [5.74, 6) is -0.822. The predicted octanol–water partition coefficient (Wildman–Crippen LogP) is 2.99. The van der Waals surface area contributed by atoms with Crippen LogP contribution in [0.15, 0.2) is 59.6 Å². The Morgan fingerprint density at radius 1 is 1.16 bits per heavy atom. The first kappa shape index (κ1) is 16.9. The molecule has 0 fully saturated rings. The van der Waals surface area contributed by atoms with E-state index in [1.165, 1.54) is 31.3 Å². The highest BCUT2D eigenvalue weighted by Gasteiger charge is 2.17. The second-order valence-corrected chi connectivity index (χ2v) is 7.70. The number of benzene rings is 2. The molecule has 3 rings (SSSR count). The molecule has 1 amide bonds. The molecule has 1 aromatic heterocycles. The van der Waals surface area contributed by atoms with Crippen molar-refractivity contribution in [1.29, 1.82) is 0 Å². The van der Waals surface area contributed by atoms with E-state index in [1.54, 1.807) is 18.2 Å². The van der Waals surface area contributed by atoms with Gasteiger partial charge in [-0.3, -0.25) is 9.78 Å². The number of carbonyl (C=O) groups excluding carboxylic acids is 1. The first-order valence-electron chi connectivity index (χ1n) is 7.63. The third kappa shape index (κ3) is 3.32. The van der Waals surface area contributed by atoms with Crippen molar-refractivity contribution in [2.45, 2.75) is 11.8 Å². The lowest BCUT2D eigenvalue weighted by Crippen LogP contribution is -2.15. The Labute approximate surface area is 145 Å². The molecule has 0 spiro atoms.